The molecule has 1 aliphatic rings. The van der Waals surface area contributed by atoms with Crippen molar-refractivity contribution in [3.8, 4) is 0 Å². The third kappa shape index (κ3) is 3.27. The summed E-state index contributed by atoms with van der Waals surface area (Å²) in [6, 6.07) is 2.73. The van der Waals surface area contributed by atoms with E-state index in [-0.39, 0.29) is 22.9 Å². The average Bonchev–Trinajstić information content (AvgIpc) is 2.46. The van der Waals surface area contributed by atoms with Crippen LogP contribution in [0.4, 0.5) is 5.69 Å². The zero-order chi connectivity index (χ0) is 15.6. The van der Waals surface area contributed by atoms with Crippen molar-refractivity contribution in [2.24, 2.45) is 0 Å². The normalized spacial score (nSPS) is 18.3. The predicted molar refractivity (Wildman–Crippen MR) is 77.9 cm³/mol. The Kier molecular flexibility index (Phi) is 4.69. The molecule has 0 spiro atoms. The molecule has 1 aromatic carbocycles. The minimum Gasteiger partial charge on any atom is -0.480 e. The first-order valence-electron chi connectivity index (χ1n) is 5.97. The van der Waals surface area contributed by atoms with E-state index in [1.807, 2.05) is 0 Å². The number of carboxylic acid groups (broad SMARTS) is 1. The number of carboxylic acids is 1. The van der Waals surface area contributed by atoms with Crippen LogP contribution in [0.1, 0.15) is 10.4 Å². The van der Waals surface area contributed by atoms with E-state index in [1.54, 1.807) is 0 Å². The number of benzene rings is 1. The van der Waals surface area contributed by atoms with Crippen molar-refractivity contribution in [3.63, 3.8) is 0 Å². The molecule has 112 valence electrons. The number of hydrogen-bond acceptors (Lipinski definition) is 5. The molecule has 1 N–H and O–H groups in total. The fraction of sp³-hybridized carbons (Fsp3) is 0.333. The Morgan fingerprint density at radius 3 is 2.81 bits per heavy atom. The molecule has 0 aliphatic carbocycles. The molecule has 1 aromatic rings. The molecule has 7 nitrogen and oxygen atoms in total. The summed E-state index contributed by atoms with van der Waals surface area (Å²) in [5.41, 5.74) is -0.572. The van der Waals surface area contributed by atoms with Crippen molar-refractivity contribution >= 4 is 40.9 Å². The maximum atomic E-state index is 12.5. The molecule has 1 unspecified atom stereocenters. The molecule has 0 bridgehead atoms. The molecule has 1 heterocycles. The van der Waals surface area contributed by atoms with Gasteiger partial charge in [-0.2, -0.15) is 11.8 Å². The molecule has 2 rings (SSSR count). The number of thioether (sulfide) groups is 1. The van der Waals surface area contributed by atoms with Crippen molar-refractivity contribution in [3.05, 3.63) is 38.9 Å². The Labute approximate surface area is 129 Å². The first kappa shape index (κ1) is 15.6. The lowest BCUT2D eigenvalue weighted by Crippen LogP contribution is -2.50. The smallest absolute Gasteiger partial charge is 0.327 e. The van der Waals surface area contributed by atoms with E-state index in [4.69, 9.17) is 16.7 Å². The van der Waals surface area contributed by atoms with E-state index in [9.17, 15) is 19.7 Å². The van der Waals surface area contributed by atoms with Crippen LogP contribution in [0.25, 0.3) is 0 Å². The highest BCUT2D eigenvalue weighted by Gasteiger charge is 2.35. The lowest BCUT2D eigenvalue weighted by molar-refractivity contribution is -0.385. The van der Waals surface area contributed by atoms with E-state index in [0.29, 0.717) is 5.75 Å². The highest BCUT2D eigenvalue weighted by molar-refractivity contribution is 7.99. The van der Waals surface area contributed by atoms with Gasteiger partial charge in [-0.3, -0.25) is 14.9 Å². The number of nitro groups is 1. The summed E-state index contributed by atoms with van der Waals surface area (Å²) in [6.45, 7) is 0.236. The standard InChI is InChI=1S/C12H11ClN2O5S/c13-7-1-2-8(9(5-7)15(19)20)11(16)14-3-4-21-6-10(14)12(17)18/h1-2,5,10H,3-4,6H2,(H,17,18). The summed E-state index contributed by atoms with van der Waals surface area (Å²) in [5.74, 6) is -0.919. The first-order chi connectivity index (χ1) is 9.91. The second-order valence-electron chi connectivity index (χ2n) is 4.35. The van der Waals surface area contributed by atoms with Crippen molar-refractivity contribution in [2.45, 2.75) is 6.04 Å². The molecule has 1 aliphatic heterocycles. The largest absolute Gasteiger partial charge is 0.480 e. The second-order valence-corrected chi connectivity index (χ2v) is 5.93. The maximum Gasteiger partial charge on any atom is 0.327 e. The van der Waals surface area contributed by atoms with Crippen molar-refractivity contribution in [2.75, 3.05) is 18.1 Å². The fourth-order valence-corrected chi connectivity index (χ4v) is 3.25. The van der Waals surface area contributed by atoms with Crippen molar-refractivity contribution in [1.29, 1.82) is 0 Å². The number of nitrogens with zero attached hydrogens (tertiary/aromatic N) is 2. The molecule has 0 aromatic heterocycles. The van der Waals surface area contributed by atoms with E-state index in [2.05, 4.69) is 0 Å². The third-order valence-electron chi connectivity index (χ3n) is 3.06. The molecular weight excluding hydrogens is 320 g/mol. The summed E-state index contributed by atoms with van der Waals surface area (Å²) in [4.78, 5) is 35.2. The maximum absolute atomic E-state index is 12.5. The van der Waals surface area contributed by atoms with E-state index in [1.165, 1.54) is 23.9 Å². The quantitative estimate of drug-likeness (QED) is 0.671. The van der Waals surface area contributed by atoms with Crippen LogP contribution in [0.5, 0.6) is 0 Å². The molecule has 0 radical (unpaired) electrons. The van der Waals surface area contributed by atoms with Crippen LogP contribution >= 0.6 is 23.4 Å². The van der Waals surface area contributed by atoms with Gasteiger partial charge in [0.15, 0.2) is 0 Å². The van der Waals surface area contributed by atoms with Crippen LogP contribution in [0.3, 0.4) is 0 Å². The molecule has 21 heavy (non-hydrogen) atoms. The van der Waals surface area contributed by atoms with Gasteiger partial charge in [-0.05, 0) is 12.1 Å². The monoisotopic (exact) mass is 330 g/mol. The van der Waals surface area contributed by atoms with Gasteiger partial charge in [-0.15, -0.1) is 0 Å². The van der Waals surface area contributed by atoms with E-state index < -0.39 is 28.5 Å². The average molecular weight is 331 g/mol. The SMILES string of the molecule is O=C(O)C1CSCCN1C(=O)c1ccc(Cl)cc1[N+](=O)[O-]. The lowest BCUT2D eigenvalue weighted by Gasteiger charge is -2.32. The first-order valence-corrected chi connectivity index (χ1v) is 7.50. The van der Waals surface area contributed by atoms with Crippen LogP contribution in [0.2, 0.25) is 5.02 Å². The van der Waals surface area contributed by atoms with Gasteiger partial charge in [0.05, 0.1) is 4.92 Å². The van der Waals surface area contributed by atoms with Crippen molar-refractivity contribution in [1.82, 2.24) is 4.90 Å². The summed E-state index contributed by atoms with van der Waals surface area (Å²) >= 11 is 7.13. The number of hydrogen-bond donors (Lipinski definition) is 1. The summed E-state index contributed by atoms with van der Waals surface area (Å²) < 4.78 is 0. The molecular formula is C12H11ClN2O5S. The highest BCUT2D eigenvalue weighted by atomic mass is 35.5. The predicted octanol–water partition coefficient (Wildman–Crippen LogP) is 1.89. The number of carbonyl (C=O) groups excluding carboxylic acids is 1. The number of carbonyl (C=O) groups is 2. The van der Waals surface area contributed by atoms with Crippen LogP contribution in [0, 0.1) is 10.1 Å². The minimum atomic E-state index is -1.12. The van der Waals surface area contributed by atoms with E-state index in [0.717, 1.165) is 11.0 Å². The van der Waals surface area contributed by atoms with Crippen LogP contribution in [0.15, 0.2) is 18.2 Å². The molecule has 9 heteroatoms. The van der Waals surface area contributed by atoms with Gasteiger partial charge in [0.2, 0.25) is 0 Å². The molecule has 1 saturated heterocycles. The Morgan fingerprint density at radius 1 is 1.48 bits per heavy atom. The number of aliphatic carboxylic acids is 1. The number of halogens is 1. The van der Waals surface area contributed by atoms with Crippen LogP contribution in [-0.2, 0) is 4.79 Å². The number of rotatable bonds is 3. The highest BCUT2D eigenvalue weighted by Crippen LogP contribution is 2.27. The summed E-state index contributed by atoms with van der Waals surface area (Å²) in [5, 5.41) is 20.3. The number of nitro benzene ring substituents is 1. The Morgan fingerprint density at radius 2 is 2.19 bits per heavy atom. The van der Waals surface area contributed by atoms with Crippen molar-refractivity contribution < 1.29 is 19.6 Å². The van der Waals surface area contributed by atoms with Gasteiger partial charge in [0.25, 0.3) is 11.6 Å². The van der Waals surface area contributed by atoms with Gasteiger partial charge in [-0.1, -0.05) is 11.6 Å². The van der Waals surface area contributed by atoms with Gasteiger partial charge in [-0.25, -0.2) is 4.79 Å². The molecule has 0 saturated carbocycles. The second kappa shape index (κ2) is 6.31. The molecule has 1 fully saturated rings. The van der Waals surface area contributed by atoms with Crippen LogP contribution < -0.4 is 0 Å². The van der Waals surface area contributed by atoms with Gasteiger partial charge in [0, 0.05) is 29.1 Å². The zero-order valence-corrected chi connectivity index (χ0v) is 12.3. The Balaban J connectivity index is 2.39. The van der Waals surface area contributed by atoms with Gasteiger partial charge < -0.3 is 10.0 Å². The van der Waals surface area contributed by atoms with Crippen LogP contribution in [-0.4, -0.2) is 50.9 Å². The van der Waals surface area contributed by atoms with E-state index >= 15 is 0 Å². The Bertz CT molecular complexity index is 609. The van der Waals surface area contributed by atoms with Gasteiger partial charge in [0.1, 0.15) is 11.6 Å². The molecule has 1 amide bonds. The lowest BCUT2D eigenvalue weighted by atomic mass is 10.1. The minimum absolute atomic E-state index is 0.141. The fourth-order valence-electron chi connectivity index (χ4n) is 2.04. The Hall–Kier alpha value is -1.80. The molecule has 1 atom stereocenters. The third-order valence-corrected chi connectivity index (χ3v) is 4.32. The topological polar surface area (TPSA) is 101 Å². The summed E-state index contributed by atoms with van der Waals surface area (Å²) in [6.07, 6.45) is 0. The summed E-state index contributed by atoms with van der Waals surface area (Å²) in [7, 11) is 0. The number of amides is 1. The zero-order valence-electron chi connectivity index (χ0n) is 10.7. The van der Waals surface area contributed by atoms with Gasteiger partial charge >= 0.3 is 5.97 Å².